The molecule has 0 bridgehead atoms. The average Bonchev–Trinajstić information content (AvgIpc) is 2.77. The molecule has 5 N–H and O–H groups in total. The molecule has 0 unspecified atom stereocenters. The number of benzene rings is 1. The van der Waals surface area contributed by atoms with E-state index in [9.17, 15) is 27.2 Å². The van der Waals surface area contributed by atoms with Crippen molar-refractivity contribution in [3.05, 3.63) is 46.4 Å². The van der Waals surface area contributed by atoms with Crippen LogP contribution in [0.5, 0.6) is 0 Å². The van der Waals surface area contributed by atoms with Crippen LogP contribution in [0.4, 0.5) is 17.6 Å². The SMILES string of the molecule is CCC(N)=C(C(=O)OCC(=O)c1cccc(C(F)(F)F)c1F)C(N)=NCCN1CCNCC1. The maximum absolute atomic E-state index is 14.1. The molecule has 2 rings (SSSR count). The molecule has 1 aliphatic heterocycles. The third kappa shape index (κ3) is 7.26. The fraction of sp³-hybridized carbons (Fsp3) is 0.476. The molecular weight excluding hydrogens is 446 g/mol. The smallest absolute Gasteiger partial charge is 0.419 e. The standard InChI is InChI=1S/C21H27F4N5O3/c1-2-15(26)17(19(27)29-8-11-30-9-6-28-7-10-30)20(32)33-12-16(31)13-4-3-5-14(18(13)22)21(23,24)25/h3-5,28H,2,6-12,26H2,1H3,(H2,27,29). The lowest BCUT2D eigenvalue weighted by Crippen LogP contribution is -2.44. The highest BCUT2D eigenvalue weighted by atomic mass is 19.4. The number of carbonyl (C=O) groups excluding carboxylic acids is 2. The van der Waals surface area contributed by atoms with Crippen molar-refractivity contribution in [3.63, 3.8) is 0 Å². The number of nitrogens with zero attached hydrogens (tertiary/aromatic N) is 2. The number of nitrogens with one attached hydrogen (secondary N) is 1. The summed E-state index contributed by atoms with van der Waals surface area (Å²) < 4.78 is 57.6. The number of ketones is 1. The van der Waals surface area contributed by atoms with Gasteiger partial charge in [-0.3, -0.25) is 14.7 Å². The predicted octanol–water partition coefficient (Wildman–Crippen LogP) is 1.46. The molecule has 1 aromatic carbocycles. The number of alkyl halides is 3. The zero-order valence-corrected chi connectivity index (χ0v) is 18.2. The molecule has 0 saturated carbocycles. The quantitative estimate of drug-likeness (QED) is 0.124. The minimum Gasteiger partial charge on any atom is -0.454 e. The van der Waals surface area contributed by atoms with Gasteiger partial charge in [-0.05, 0) is 18.6 Å². The predicted molar refractivity (Wildman–Crippen MR) is 114 cm³/mol. The van der Waals surface area contributed by atoms with Crippen LogP contribution in [0.15, 0.2) is 34.5 Å². The number of aliphatic imine (C=N–C) groups is 1. The summed E-state index contributed by atoms with van der Waals surface area (Å²) in [5, 5.41) is 3.22. The lowest BCUT2D eigenvalue weighted by molar-refractivity contribution is -0.140. The zero-order chi connectivity index (χ0) is 24.6. The fourth-order valence-corrected chi connectivity index (χ4v) is 3.15. The Kier molecular flexibility index (Phi) is 9.35. The Morgan fingerprint density at radius 2 is 1.88 bits per heavy atom. The number of Topliss-reactive ketones (excluding diaryl/α,β-unsaturated/α-hetero) is 1. The van der Waals surface area contributed by atoms with Crippen molar-refractivity contribution < 1.29 is 31.9 Å². The molecule has 1 aromatic rings. The van der Waals surface area contributed by atoms with E-state index in [1.54, 1.807) is 6.92 Å². The molecule has 182 valence electrons. The molecule has 0 spiro atoms. The van der Waals surface area contributed by atoms with E-state index < -0.39 is 41.5 Å². The van der Waals surface area contributed by atoms with Crippen molar-refractivity contribution in [2.75, 3.05) is 45.9 Å². The van der Waals surface area contributed by atoms with Crippen LogP contribution in [0.25, 0.3) is 0 Å². The molecule has 1 fully saturated rings. The highest BCUT2D eigenvalue weighted by Gasteiger charge is 2.35. The van der Waals surface area contributed by atoms with Crippen LogP contribution in [-0.4, -0.2) is 68.4 Å². The van der Waals surface area contributed by atoms with Gasteiger partial charge in [-0.1, -0.05) is 13.0 Å². The van der Waals surface area contributed by atoms with Gasteiger partial charge >= 0.3 is 12.1 Å². The number of allylic oxidation sites excluding steroid dienone is 1. The molecule has 1 aliphatic rings. The van der Waals surface area contributed by atoms with E-state index in [0.717, 1.165) is 38.3 Å². The van der Waals surface area contributed by atoms with E-state index >= 15 is 0 Å². The topological polar surface area (TPSA) is 123 Å². The summed E-state index contributed by atoms with van der Waals surface area (Å²) in [5.74, 6) is -4.12. The van der Waals surface area contributed by atoms with Gasteiger partial charge in [-0.2, -0.15) is 13.2 Å². The number of piperazine rings is 1. The van der Waals surface area contributed by atoms with Crippen molar-refractivity contribution in [2.45, 2.75) is 19.5 Å². The number of carbonyl (C=O) groups is 2. The first-order valence-corrected chi connectivity index (χ1v) is 10.3. The summed E-state index contributed by atoms with van der Waals surface area (Å²) in [5.41, 5.74) is 9.22. The highest BCUT2D eigenvalue weighted by molar-refractivity contribution is 6.19. The second-order valence-electron chi connectivity index (χ2n) is 7.28. The Bertz CT molecular complexity index is 925. The minimum absolute atomic E-state index is 0.0705. The van der Waals surface area contributed by atoms with E-state index in [1.807, 2.05) is 0 Å². The minimum atomic E-state index is -4.97. The summed E-state index contributed by atoms with van der Waals surface area (Å²) >= 11 is 0. The number of hydrogen-bond donors (Lipinski definition) is 3. The third-order valence-corrected chi connectivity index (χ3v) is 5.01. The van der Waals surface area contributed by atoms with Crippen molar-refractivity contribution in [3.8, 4) is 0 Å². The van der Waals surface area contributed by atoms with Gasteiger partial charge in [0.15, 0.2) is 6.61 Å². The van der Waals surface area contributed by atoms with Crippen molar-refractivity contribution in [1.82, 2.24) is 10.2 Å². The van der Waals surface area contributed by atoms with Gasteiger partial charge in [0, 0.05) is 38.4 Å². The Labute approximate surface area is 188 Å². The Morgan fingerprint density at radius 3 is 2.48 bits per heavy atom. The van der Waals surface area contributed by atoms with Gasteiger partial charge in [0.1, 0.15) is 17.2 Å². The third-order valence-electron chi connectivity index (χ3n) is 5.01. The van der Waals surface area contributed by atoms with E-state index in [-0.39, 0.29) is 23.5 Å². The van der Waals surface area contributed by atoms with E-state index in [0.29, 0.717) is 19.2 Å². The largest absolute Gasteiger partial charge is 0.454 e. The van der Waals surface area contributed by atoms with E-state index in [2.05, 4.69) is 15.2 Å². The second kappa shape index (κ2) is 11.8. The van der Waals surface area contributed by atoms with Crippen LogP contribution in [-0.2, 0) is 15.7 Å². The maximum atomic E-state index is 14.1. The van der Waals surface area contributed by atoms with Gasteiger partial charge in [-0.25, -0.2) is 9.18 Å². The van der Waals surface area contributed by atoms with Crippen LogP contribution >= 0.6 is 0 Å². The number of esters is 1. The van der Waals surface area contributed by atoms with Crippen LogP contribution < -0.4 is 16.8 Å². The molecule has 1 saturated heterocycles. The van der Waals surface area contributed by atoms with Gasteiger partial charge < -0.3 is 21.5 Å². The van der Waals surface area contributed by atoms with Crippen LogP contribution in [0, 0.1) is 5.82 Å². The molecule has 12 heteroatoms. The van der Waals surface area contributed by atoms with E-state index in [4.69, 9.17) is 16.2 Å². The molecule has 0 aliphatic carbocycles. The molecule has 1 heterocycles. The maximum Gasteiger partial charge on any atom is 0.419 e. The van der Waals surface area contributed by atoms with Gasteiger partial charge in [0.2, 0.25) is 5.78 Å². The Balaban J connectivity index is 2.07. The lowest BCUT2D eigenvalue weighted by Gasteiger charge is -2.26. The molecule has 0 aromatic heterocycles. The summed E-state index contributed by atoms with van der Waals surface area (Å²) in [6.07, 6.45) is -4.74. The normalized spacial score (nSPS) is 16.3. The zero-order valence-electron chi connectivity index (χ0n) is 18.2. The van der Waals surface area contributed by atoms with Crippen molar-refractivity contribution >= 4 is 17.6 Å². The monoisotopic (exact) mass is 473 g/mol. The molecule has 0 radical (unpaired) electrons. The van der Waals surface area contributed by atoms with Gasteiger partial charge in [-0.15, -0.1) is 0 Å². The highest BCUT2D eigenvalue weighted by Crippen LogP contribution is 2.32. The van der Waals surface area contributed by atoms with Gasteiger partial charge in [0.25, 0.3) is 0 Å². The summed E-state index contributed by atoms with van der Waals surface area (Å²) in [4.78, 5) is 31.1. The van der Waals surface area contributed by atoms with Gasteiger partial charge in [0.05, 0.1) is 17.7 Å². The molecule has 33 heavy (non-hydrogen) atoms. The second-order valence-corrected chi connectivity index (χ2v) is 7.28. The number of rotatable bonds is 9. The Hall–Kier alpha value is -2.99. The van der Waals surface area contributed by atoms with Crippen molar-refractivity contribution in [2.24, 2.45) is 16.5 Å². The number of halogens is 4. The molecule has 8 nitrogen and oxygen atoms in total. The van der Waals surface area contributed by atoms with Crippen molar-refractivity contribution in [1.29, 1.82) is 0 Å². The Morgan fingerprint density at radius 1 is 1.21 bits per heavy atom. The number of ether oxygens (including phenoxy) is 1. The summed E-state index contributed by atoms with van der Waals surface area (Å²) in [7, 11) is 0. The molecular formula is C21H27F4N5O3. The number of hydrogen-bond acceptors (Lipinski definition) is 7. The van der Waals surface area contributed by atoms with Crippen LogP contribution in [0.3, 0.4) is 0 Å². The van der Waals surface area contributed by atoms with E-state index in [1.165, 1.54) is 0 Å². The number of amidine groups is 1. The van der Waals surface area contributed by atoms with Crippen LogP contribution in [0.1, 0.15) is 29.3 Å². The molecule has 0 atom stereocenters. The summed E-state index contributed by atoms with van der Waals surface area (Å²) in [6.45, 7) is 5.01. The van der Waals surface area contributed by atoms with Crippen LogP contribution in [0.2, 0.25) is 0 Å². The first-order chi connectivity index (χ1) is 15.6. The summed E-state index contributed by atoms with van der Waals surface area (Å²) in [6, 6.07) is 2.28. The first kappa shape index (κ1) is 26.3. The average molecular weight is 473 g/mol. The lowest BCUT2D eigenvalue weighted by atomic mass is 10.1. The number of nitrogens with two attached hydrogens (primary N) is 2. The first-order valence-electron chi connectivity index (χ1n) is 10.3. The fourth-order valence-electron chi connectivity index (χ4n) is 3.15. The molecule has 0 amide bonds.